The van der Waals surface area contributed by atoms with E-state index in [1.807, 2.05) is 58.0 Å². The van der Waals surface area contributed by atoms with Crippen LogP contribution in [0.1, 0.15) is 52.1 Å². The van der Waals surface area contributed by atoms with Crippen molar-refractivity contribution in [3.63, 3.8) is 0 Å². The molecular weight excluding hydrogens is 590 g/mol. The lowest BCUT2D eigenvalue weighted by molar-refractivity contribution is -0.149. The largest absolute Gasteiger partial charge is 0.394 e. The van der Waals surface area contributed by atoms with Gasteiger partial charge in [0.2, 0.25) is 17.7 Å². The van der Waals surface area contributed by atoms with E-state index < -0.39 is 34.2 Å². The Morgan fingerprint density at radius 2 is 1.85 bits per heavy atom. The Morgan fingerprint density at radius 3 is 2.40 bits per heavy atom. The molecule has 2 bridgehead atoms. The van der Waals surface area contributed by atoms with Crippen LogP contribution in [0.2, 0.25) is 0 Å². The fourth-order valence-electron chi connectivity index (χ4n) is 6.89. The minimum Gasteiger partial charge on any atom is -0.394 e. The van der Waals surface area contributed by atoms with Gasteiger partial charge in [-0.3, -0.25) is 14.4 Å². The molecule has 0 aromatic heterocycles. The van der Waals surface area contributed by atoms with E-state index in [0.29, 0.717) is 26.1 Å². The first-order chi connectivity index (χ1) is 19.0. The third kappa shape index (κ3) is 5.07. The molecule has 218 valence electrons. The molecule has 9 heteroatoms. The molecule has 1 spiro atoms. The fourth-order valence-corrected chi connectivity index (χ4v) is 10.5. The Bertz CT molecular complexity index is 1140. The molecule has 7 nitrogen and oxygen atoms in total. The Morgan fingerprint density at radius 1 is 1.20 bits per heavy atom. The van der Waals surface area contributed by atoms with Crippen molar-refractivity contribution in [2.75, 3.05) is 26.2 Å². The highest BCUT2D eigenvalue weighted by Crippen LogP contribution is 2.68. The van der Waals surface area contributed by atoms with Gasteiger partial charge in [0.1, 0.15) is 6.04 Å². The van der Waals surface area contributed by atoms with Gasteiger partial charge in [0.05, 0.1) is 29.2 Å². The molecular formula is C31H42BrN3O4S. The highest BCUT2D eigenvalue weighted by Gasteiger charge is 2.76. The van der Waals surface area contributed by atoms with Crippen LogP contribution in [-0.4, -0.2) is 90.2 Å². The predicted octanol–water partition coefficient (Wildman–Crippen LogP) is 4.42. The molecule has 3 unspecified atom stereocenters. The van der Waals surface area contributed by atoms with E-state index in [1.165, 1.54) is 0 Å². The topological polar surface area (TPSA) is 81.2 Å². The summed E-state index contributed by atoms with van der Waals surface area (Å²) in [5.74, 6) is -1.69. The zero-order valence-corrected chi connectivity index (χ0v) is 26.4. The summed E-state index contributed by atoms with van der Waals surface area (Å²) >= 11 is 5.48. The number of rotatable bonds is 11. The molecule has 7 atom stereocenters. The van der Waals surface area contributed by atoms with Crippen molar-refractivity contribution < 1.29 is 19.5 Å². The number of aliphatic hydroxyl groups excluding tert-OH is 1. The Balaban J connectivity index is 1.88. The van der Waals surface area contributed by atoms with Gasteiger partial charge >= 0.3 is 0 Å². The zero-order chi connectivity index (χ0) is 29.4. The van der Waals surface area contributed by atoms with Gasteiger partial charge < -0.3 is 19.8 Å². The highest BCUT2D eigenvalue weighted by atomic mass is 79.9. The van der Waals surface area contributed by atoms with Crippen LogP contribution in [0.25, 0.3) is 0 Å². The third-order valence-corrected chi connectivity index (χ3v) is 11.7. The van der Waals surface area contributed by atoms with Gasteiger partial charge in [0, 0.05) is 35.3 Å². The molecule has 3 heterocycles. The average Bonchev–Trinajstić information content (AvgIpc) is 3.50. The molecule has 0 radical (unpaired) electrons. The van der Waals surface area contributed by atoms with Crippen LogP contribution in [0.4, 0.5) is 0 Å². The predicted molar refractivity (Wildman–Crippen MR) is 164 cm³/mol. The number of thioether (sulfide) groups is 1. The van der Waals surface area contributed by atoms with Gasteiger partial charge in [-0.2, -0.15) is 0 Å². The standard InChI is InChI=1S/C31H42BrN3O4S/c1-7-15-33(16-8-2)27(37)23-24-28(38)35(22(19-36)20-13-11-10-12-14-20)26(31(24)18-21(32)25(23)40-31)29(39)34(17-9-3)30(4,5)6/h7,9-14,21-26,36H,1,3,8,15-19H2,2,4-6H3/t21?,22-,23-,24+,25-,26?,31?/m1/s1. The number of aliphatic hydroxyl groups is 1. The lowest BCUT2D eigenvalue weighted by atomic mass is 9.70. The molecule has 3 fully saturated rings. The van der Waals surface area contributed by atoms with E-state index in [4.69, 9.17) is 0 Å². The second kappa shape index (κ2) is 12.0. The van der Waals surface area contributed by atoms with Crippen molar-refractivity contribution >= 4 is 45.4 Å². The zero-order valence-electron chi connectivity index (χ0n) is 24.0. The highest BCUT2D eigenvalue weighted by molar-refractivity contribution is 9.09. The molecule has 0 aliphatic carbocycles. The van der Waals surface area contributed by atoms with Crippen molar-refractivity contribution in [2.45, 2.75) is 73.0 Å². The normalized spacial score (nSPS) is 29.7. The van der Waals surface area contributed by atoms with E-state index in [-0.39, 0.29) is 34.4 Å². The van der Waals surface area contributed by atoms with Crippen molar-refractivity contribution in [1.82, 2.24) is 14.7 Å². The number of alkyl halides is 1. The molecule has 40 heavy (non-hydrogen) atoms. The number of nitrogens with zero attached hydrogens (tertiary/aromatic N) is 3. The Hall–Kier alpha value is -2.10. The second-order valence-electron chi connectivity index (χ2n) is 12.0. The average molecular weight is 633 g/mol. The fraction of sp³-hybridized carbons (Fsp3) is 0.581. The Kier molecular flexibility index (Phi) is 9.27. The molecule has 3 aliphatic heterocycles. The van der Waals surface area contributed by atoms with Crippen LogP contribution in [0, 0.1) is 11.8 Å². The molecule has 0 saturated carbocycles. The summed E-state index contributed by atoms with van der Waals surface area (Å²) in [7, 11) is 0. The maximum absolute atomic E-state index is 14.7. The number of hydrogen-bond acceptors (Lipinski definition) is 5. The van der Waals surface area contributed by atoms with E-state index in [1.54, 1.807) is 38.6 Å². The summed E-state index contributed by atoms with van der Waals surface area (Å²) in [5, 5.41) is 10.6. The summed E-state index contributed by atoms with van der Waals surface area (Å²) in [6, 6.07) is 7.82. The lowest BCUT2D eigenvalue weighted by Crippen LogP contribution is -2.59. The lowest BCUT2D eigenvalue weighted by Gasteiger charge is -2.43. The van der Waals surface area contributed by atoms with E-state index in [2.05, 4.69) is 29.1 Å². The smallest absolute Gasteiger partial charge is 0.247 e. The van der Waals surface area contributed by atoms with Gasteiger partial charge in [-0.25, -0.2) is 0 Å². The first-order valence-corrected chi connectivity index (χ1v) is 15.9. The Labute approximate surface area is 251 Å². The maximum Gasteiger partial charge on any atom is 0.247 e. The van der Waals surface area contributed by atoms with Crippen LogP contribution in [0.5, 0.6) is 0 Å². The number of carbonyl (C=O) groups excluding carboxylic acids is 3. The number of halogens is 1. The second-order valence-corrected chi connectivity index (χ2v) is 14.7. The van der Waals surface area contributed by atoms with Gasteiger partial charge in [0.25, 0.3) is 0 Å². The van der Waals surface area contributed by atoms with Crippen LogP contribution < -0.4 is 0 Å². The molecule has 1 aromatic rings. The van der Waals surface area contributed by atoms with Crippen LogP contribution in [0.15, 0.2) is 55.6 Å². The SMILES string of the molecule is C=CCN(CCC)C(=O)[C@H]1[C@@H]2SC3(CC2Br)C(C(=O)N(CC=C)C(C)(C)C)N([C@H](CO)c2ccccc2)C(=O)[C@H]13. The number of fused-ring (bicyclic) bond motifs is 1. The number of carbonyl (C=O) groups is 3. The van der Waals surface area contributed by atoms with Crippen molar-refractivity contribution in [1.29, 1.82) is 0 Å². The van der Waals surface area contributed by atoms with Gasteiger partial charge in [0.15, 0.2) is 0 Å². The molecule has 1 aromatic carbocycles. The summed E-state index contributed by atoms with van der Waals surface area (Å²) in [6.07, 6.45) is 4.81. The number of benzene rings is 1. The van der Waals surface area contributed by atoms with Crippen molar-refractivity contribution in [2.24, 2.45) is 11.8 Å². The summed E-state index contributed by atoms with van der Waals surface area (Å²) in [4.78, 5) is 48.7. The van der Waals surface area contributed by atoms with Gasteiger partial charge in [-0.05, 0) is 39.2 Å². The van der Waals surface area contributed by atoms with Crippen LogP contribution in [0.3, 0.4) is 0 Å². The van der Waals surface area contributed by atoms with Crippen molar-refractivity contribution in [3.8, 4) is 0 Å². The summed E-state index contributed by atoms with van der Waals surface area (Å²) < 4.78 is -0.799. The number of hydrogen-bond donors (Lipinski definition) is 1. The first-order valence-electron chi connectivity index (χ1n) is 14.1. The molecule has 1 N–H and O–H groups in total. The maximum atomic E-state index is 14.7. The van der Waals surface area contributed by atoms with E-state index in [9.17, 15) is 19.5 Å². The molecule has 3 amide bonds. The quantitative estimate of drug-likeness (QED) is 0.289. The van der Waals surface area contributed by atoms with Crippen LogP contribution >= 0.6 is 27.7 Å². The van der Waals surface area contributed by atoms with Gasteiger partial charge in [-0.15, -0.1) is 24.9 Å². The van der Waals surface area contributed by atoms with E-state index in [0.717, 1.165) is 12.0 Å². The number of amides is 3. The summed E-state index contributed by atoms with van der Waals surface area (Å²) in [6.45, 7) is 16.7. The van der Waals surface area contributed by atoms with Gasteiger partial charge in [-0.1, -0.05) is 65.3 Å². The monoisotopic (exact) mass is 631 g/mol. The molecule has 3 aliphatic rings. The third-order valence-electron chi connectivity index (χ3n) is 8.48. The van der Waals surface area contributed by atoms with Crippen molar-refractivity contribution in [3.05, 3.63) is 61.2 Å². The molecule has 4 rings (SSSR count). The minimum atomic E-state index is -0.839. The summed E-state index contributed by atoms with van der Waals surface area (Å²) in [5.41, 5.74) is 0.234. The first kappa shape index (κ1) is 30.8. The number of likely N-dealkylation sites (tertiary alicyclic amines) is 1. The minimum absolute atomic E-state index is 0.0234. The van der Waals surface area contributed by atoms with Crippen LogP contribution in [-0.2, 0) is 14.4 Å². The van der Waals surface area contributed by atoms with E-state index >= 15 is 0 Å². The molecule has 3 saturated heterocycles.